The van der Waals surface area contributed by atoms with Crippen molar-refractivity contribution in [2.75, 3.05) is 5.32 Å². The summed E-state index contributed by atoms with van der Waals surface area (Å²) in [4.78, 5) is 16.1. The third-order valence-electron chi connectivity index (χ3n) is 3.54. The lowest BCUT2D eigenvalue weighted by atomic mass is 10.1. The number of hydrogen-bond donors (Lipinski definition) is 1. The lowest BCUT2D eigenvalue weighted by molar-refractivity contribution is 0.102. The van der Waals surface area contributed by atoms with Crippen molar-refractivity contribution >= 4 is 11.6 Å². The Morgan fingerprint density at radius 3 is 2.95 bits per heavy atom. The van der Waals surface area contributed by atoms with Crippen molar-refractivity contribution in [2.45, 2.75) is 19.3 Å². The highest BCUT2D eigenvalue weighted by atomic mass is 16.1. The zero-order valence-electron chi connectivity index (χ0n) is 10.9. The smallest absolute Gasteiger partial charge is 0.258 e. The molecule has 4 nitrogen and oxygen atoms in total. The summed E-state index contributed by atoms with van der Waals surface area (Å²) in [7, 11) is 0. The molecule has 1 heterocycles. The zero-order chi connectivity index (χ0) is 13.9. The molecule has 1 aliphatic carbocycles. The van der Waals surface area contributed by atoms with Crippen LogP contribution in [0.15, 0.2) is 36.7 Å². The molecular weight excluding hydrogens is 250 g/mol. The number of rotatable bonds is 2. The number of nitriles is 1. The molecule has 0 spiro atoms. The molecule has 0 atom stereocenters. The van der Waals surface area contributed by atoms with Crippen LogP contribution in [-0.2, 0) is 12.8 Å². The van der Waals surface area contributed by atoms with Gasteiger partial charge in [-0.05, 0) is 48.6 Å². The van der Waals surface area contributed by atoms with E-state index >= 15 is 0 Å². The molecule has 0 saturated heterocycles. The van der Waals surface area contributed by atoms with E-state index < -0.39 is 0 Å². The van der Waals surface area contributed by atoms with Crippen LogP contribution < -0.4 is 5.32 Å². The lowest BCUT2D eigenvalue weighted by Crippen LogP contribution is -2.14. The van der Waals surface area contributed by atoms with Gasteiger partial charge in [0.05, 0.1) is 11.1 Å². The molecular formula is C16H13N3O. The molecule has 0 saturated carbocycles. The van der Waals surface area contributed by atoms with Gasteiger partial charge in [-0.1, -0.05) is 6.07 Å². The van der Waals surface area contributed by atoms with E-state index in [4.69, 9.17) is 5.26 Å². The SMILES string of the molecule is N#Cc1ccncc1C(=O)Nc1ccc2c(c1)CCC2. The molecule has 1 amide bonds. The Bertz CT molecular complexity index is 716. The van der Waals surface area contributed by atoms with Gasteiger partial charge in [0.2, 0.25) is 0 Å². The molecule has 0 unspecified atom stereocenters. The first-order valence-corrected chi connectivity index (χ1v) is 6.55. The Morgan fingerprint density at radius 1 is 1.25 bits per heavy atom. The van der Waals surface area contributed by atoms with Gasteiger partial charge in [-0.3, -0.25) is 9.78 Å². The first-order valence-electron chi connectivity index (χ1n) is 6.55. The average molecular weight is 263 g/mol. The van der Waals surface area contributed by atoms with Crippen molar-refractivity contribution in [3.63, 3.8) is 0 Å². The summed E-state index contributed by atoms with van der Waals surface area (Å²) in [5.74, 6) is -0.299. The molecule has 1 N–H and O–H groups in total. The molecule has 1 aromatic heterocycles. The first kappa shape index (κ1) is 12.4. The van der Waals surface area contributed by atoms with Crippen LogP contribution in [0.1, 0.15) is 33.5 Å². The quantitative estimate of drug-likeness (QED) is 0.905. The Hall–Kier alpha value is -2.67. The number of carbonyl (C=O) groups excluding carboxylic acids is 1. The highest BCUT2D eigenvalue weighted by Crippen LogP contribution is 2.25. The summed E-state index contributed by atoms with van der Waals surface area (Å²) in [5.41, 5.74) is 4.06. The fraction of sp³-hybridized carbons (Fsp3) is 0.188. The third kappa shape index (κ3) is 2.26. The van der Waals surface area contributed by atoms with Gasteiger partial charge < -0.3 is 5.32 Å². The molecule has 1 aliphatic rings. The molecule has 0 fully saturated rings. The fourth-order valence-electron chi connectivity index (χ4n) is 2.52. The summed E-state index contributed by atoms with van der Waals surface area (Å²) >= 11 is 0. The number of amides is 1. The van der Waals surface area contributed by atoms with Gasteiger partial charge in [0.15, 0.2) is 0 Å². The summed E-state index contributed by atoms with van der Waals surface area (Å²) in [5, 5.41) is 11.8. The summed E-state index contributed by atoms with van der Waals surface area (Å²) in [6, 6.07) is 9.53. The van der Waals surface area contributed by atoms with Crippen molar-refractivity contribution in [3.05, 3.63) is 58.9 Å². The van der Waals surface area contributed by atoms with Crippen LogP contribution >= 0.6 is 0 Å². The Kier molecular flexibility index (Phi) is 3.18. The predicted molar refractivity (Wildman–Crippen MR) is 75.4 cm³/mol. The van der Waals surface area contributed by atoms with Crippen LogP contribution in [0.5, 0.6) is 0 Å². The minimum Gasteiger partial charge on any atom is -0.322 e. The highest BCUT2D eigenvalue weighted by Gasteiger charge is 2.14. The van der Waals surface area contributed by atoms with Crippen molar-refractivity contribution < 1.29 is 4.79 Å². The second kappa shape index (κ2) is 5.14. The fourth-order valence-corrected chi connectivity index (χ4v) is 2.52. The third-order valence-corrected chi connectivity index (χ3v) is 3.54. The Labute approximate surface area is 117 Å². The topological polar surface area (TPSA) is 65.8 Å². The maximum Gasteiger partial charge on any atom is 0.258 e. The van der Waals surface area contributed by atoms with E-state index in [0.717, 1.165) is 18.5 Å². The van der Waals surface area contributed by atoms with Gasteiger partial charge in [-0.25, -0.2) is 0 Å². The second-order valence-electron chi connectivity index (χ2n) is 4.82. The average Bonchev–Trinajstić information content (AvgIpc) is 2.94. The number of benzene rings is 1. The Balaban J connectivity index is 1.84. The molecule has 2 aromatic rings. The van der Waals surface area contributed by atoms with E-state index in [9.17, 15) is 4.79 Å². The largest absolute Gasteiger partial charge is 0.322 e. The van der Waals surface area contributed by atoms with E-state index in [2.05, 4.69) is 16.4 Å². The van der Waals surface area contributed by atoms with Crippen molar-refractivity contribution in [2.24, 2.45) is 0 Å². The standard InChI is InChI=1S/C16H13N3O/c17-9-13-6-7-18-10-15(13)16(20)19-14-5-4-11-2-1-3-12(11)8-14/h4-8,10H,1-3H2,(H,19,20). The summed E-state index contributed by atoms with van der Waals surface area (Å²) in [6.07, 6.45) is 6.28. The van der Waals surface area contributed by atoms with Gasteiger partial charge in [0, 0.05) is 18.1 Å². The van der Waals surface area contributed by atoms with Crippen LogP contribution in [0.4, 0.5) is 5.69 Å². The number of hydrogen-bond acceptors (Lipinski definition) is 3. The lowest BCUT2D eigenvalue weighted by Gasteiger charge is -2.08. The van der Waals surface area contributed by atoms with Gasteiger partial charge in [0.1, 0.15) is 6.07 Å². The molecule has 20 heavy (non-hydrogen) atoms. The van der Waals surface area contributed by atoms with E-state index in [-0.39, 0.29) is 5.91 Å². The van der Waals surface area contributed by atoms with Crippen molar-refractivity contribution in [3.8, 4) is 6.07 Å². The number of pyridine rings is 1. The van der Waals surface area contributed by atoms with Crippen LogP contribution in [0.3, 0.4) is 0 Å². The molecule has 98 valence electrons. The summed E-state index contributed by atoms with van der Waals surface area (Å²) < 4.78 is 0. The number of nitrogens with one attached hydrogen (secondary N) is 1. The summed E-state index contributed by atoms with van der Waals surface area (Å²) in [6.45, 7) is 0. The van der Waals surface area contributed by atoms with Crippen molar-refractivity contribution in [1.29, 1.82) is 5.26 Å². The van der Waals surface area contributed by atoms with Gasteiger partial charge in [-0.15, -0.1) is 0 Å². The van der Waals surface area contributed by atoms with Crippen molar-refractivity contribution in [1.82, 2.24) is 4.98 Å². The molecule has 0 aliphatic heterocycles. The molecule has 4 heteroatoms. The Morgan fingerprint density at radius 2 is 2.10 bits per heavy atom. The molecule has 3 rings (SSSR count). The number of anilines is 1. The van der Waals surface area contributed by atoms with Gasteiger partial charge >= 0.3 is 0 Å². The number of fused-ring (bicyclic) bond motifs is 1. The predicted octanol–water partition coefficient (Wildman–Crippen LogP) is 2.69. The normalized spacial score (nSPS) is 12.6. The minimum atomic E-state index is -0.299. The number of aromatic nitrogens is 1. The molecule has 1 aromatic carbocycles. The van der Waals surface area contributed by atoms with E-state index in [0.29, 0.717) is 11.1 Å². The van der Waals surface area contributed by atoms with Gasteiger partial charge in [-0.2, -0.15) is 5.26 Å². The van der Waals surface area contributed by atoms with E-state index in [1.165, 1.54) is 36.0 Å². The molecule has 0 radical (unpaired) electrons. The minimum absolute atomic E-state index is 0.299. The molecule has 0 bridgehead atoms. The monoisotopic (exact) mass is 263 g/mol. The number of aryl methyl sites for hydroxylation is 2. The van der Waals surface area contributed by atoms with Gasteiger partial charge in [0.25, 0.3) is 5.91 Å². The highest BCUT2D eigenvalue weighted by molar-refractivity contribution is 6.05. The van der Waals surface area contributed by atoms with Crippen LogP contribution in [0.2, 0.25) is 0 Å². The van der Waals surface area contributed by atoms with Crippen LogP contribution in [0, 0.1) is 11.3 Å². The van der Waals surface area contributed by atoms with E-state index in [1.54, 1.807) is 0 Å². The zero-order valence-corrected chi connectivity index (χ0v) is 10.9. The van der Waals surface area contributed by atoms with Crippen LogP contribution in [0.25, 0.3) is 0 Å². The van der Waals surface area contributed by atoms with Crippen LogP contribution in [-0.4, -0.2) is 10.9 Å². The maximum absolute atomic E-state index is 12.2. The second-order valence-corrected chi connectivity index (χ2v) is 4.82. The van der Waals surface area contributed by atoms with E-state index in [1.807, 2.05) is 18.2 Å². The number of nitrogens with zero attached hydrogens (tertiary/aromatic N) is 2. The first-order chi connectivity index (χ1) is 9.78. The number of carbonyl (C=O) groups is 1. The maximum atomic E-state index is 12.2.